The van der Waals surface area contributed by atoms with Crippen LogP contribution in [0, 0.1) is 6.92 Å². The molecule has 0 bridgehead atoms. The molecule has 5 nitrogen and oxygen atoms in total. The Morgan fingerprint density at radius 2 is 2.05 bits per heavy atom. The van der Waals surface area contributed by atoms with Crippen LogP contribution in [0.25, 0.3) is 0 Å². The SMILES string of the molecule is C=C(CN1C(=O)C(=O)c2cc(Br)cc(C)c21)C(=O)O. The Morgan fingerprint density at radius 1 is 1.42 bits per heavy atom. The molecule has 0 radical (unpaired) electrons. The van der Waals surface area contributed by atoms with Gasteiger partial charge in [-0.1, -0.05) is 22.5 Å². The van der Waals surface area contributed by atoms with Crippen LogP contribution in [0.4, 0.5) is 5.69 Å². The fourth-order valence-corrected chi connectivity index (χ4v) is 2.59. The number of carboxylic acid groups (broad SMARTS) is 1. The molecule has 0 fully saturated rings. The van der Waals surface area contributed by atoms with Crippen LogP contribution in [0.15, 0.2) is 28.8 Å². The Balaban J connectivity index is 2.50. The highest BCUT2D eigenvalue weighted by molar-refractivity contribution is 9.10. The van der Waals surface area contributed by atoms with E-state index in [0.29, 0.717) is 10.2 Å². The molecule has 0 saturated heterocycles. The molecule has 0 atom stereocenters. The summed E-state index contributed by atoms with van der Waals surface area (Å²) in [6.07, 6.45) is 0. The fourth-order valence-electron chi connectivity index (χ4n) is 2.02. The summed E-state index contributed by atoms with van der Waals surface area (Å²) in [6, 6.07) is 3.33. The summed E-state index contributed by atoms with van der Waals surface area (Å²) in [5.74, 6) is -2.54. The van der Waals surface area contributed by atoms with Gasteiger partial charge in [0.2, 0.25) is 0 Å². The molecule has 1 heterocycles. The molecule has 98 valence electrons. The fraction of sp³-hybridized carbons (Fsp3) is 0.154. The number of Topliss-reactive ketones (excluding diaryl/α,β-unsaturated/α-hetero) is 1. The number of carboxylic acids is 1. The average molecular weight is 324 g/mol. The first-order valence-corrected chi connectivity index (χ1v) is 6.19. The van der Waals surface area contributed by atoms with E-state index >= 15 is 0 Å². The van der Waals surface area contributed by atoms with Crippen molar-refractivity contribution in [2.24, 2.45) is 0 Å². The predicted octanol–water partition coefficient (Wildman–Crippen LogP) is 1.93. The highest BCUT2D eigenvalue weighted by Crippen LogP contribution is 2.35. The van der Waals surface area contributed by atoms with Gasteiger partial charge in [0.1, 0.15) is 0 Å². The summed E-state index contributed by atoms with van der Waals surface area (Å²) in [5.41, 5.74) is 1.33. The third-order valence-electron chi connectivity index (χ3n) is 2.87. The molecule has 1 N–H and O–H groups in total. The van der Waals surface area contributed by atoms with Crippen LogP contribution in [-0.2, 0) is 9.59 Å². The van der Waals surface area contributed by atoms with Gasteiger partial charge < -0.3 is 5.11 Å². The summed E-state index contributed by atoms with van der Waals surface area (Å²) in [6.45, 7) is 4.94. The van der Waals surface area contributed by atoms with Crippen LogP contribution < -0.4 is 4.90 Å². The highest BCUT2D eigenvalue weighted by atomic mass is 79.9. The zero-order valence-electron chi connectivity index (χ0n) is 10.1. The number of ketones is 1. The normalized spacial score (nSPS) is 13.7. The van der Waals surface area contributed by atoms with Crippen LogP contribution in [0.2, 0.25) is 0 Å². The van der Waals surface area contributed by atoms with E-state index in [1.807, 2.05) is 0 Å². The van der Waals surface area contributed by atoms with E-state index in [9.17, 15) is 14.4 Å². The van der Waals surface area contributed by atoms with Crippen molar-refractivity contribution in [3.8, 4) is 0 Å². The lowest BCUT2D eigenvalue weighted by molar-refractivity contribution is -0.132. The highest BCUT2D eigenvalue weighted by Gasteiger charge is 2.37. The molecule has 1 aliphatic heterocycles. The Hall–Kier alpha value is -1.95. The molecule has 0 spiro atoms. The van der Waals surface area contributed by atoms with Crippen LogP contribution in [0.5, 0.6) is 0 Å². The van der Waals surface area contributed by atoms with E-state index < -0.39 is 17.7 Å². The van der Waals surface area contributed by atoms with Crippen molar-refractivity contribution in [2.45, 2.75) is 6.92 Å². The Bertz CT molecular complexity index is 636. The molecule has 1 aliphatic rings. The molecule has 6 heteroatoms. The first-order valence-electron chi connectivity index (χ1n) is 5.40. The molecule has 1 aromatic carbocycles. The van der Waals surface area contributed by atoms with Crippen LogP contribution in [-0.4, -0.2) is 29.3 Å². The second-order valence-corrected chi connectivity index (χ2v) is 5.16. The number of halogens is 1. The second-order valence-electron chi connectivity index (χ2n) is 4.25. The molecular weight excluding hydrogens is 314 g/mol. The van der Waals surface area contributed by atoms with Crippen molar-refractivity contribution in [3.05, 3.63) is 39.9 Å². The monoisotopic (exact) mass is 323 g/mol. The third kappa shape index (κ3) is 2.19. The second kappa shape index (κ2) is 4.62. The van der Waals surface area contributed by atoms with Crippen molar-refractivity contribution < 1.29 is 19.5 Å². The molecule has 0 aliphatic carbocycles. The van der Waals surface area contributed by atoms with Gasteiger partial charge in [0.25, 0.3) is 11.7 Å². The number of aryl methyl sites for hydroxylation is 1. The number of carbonyl (C=O) groups is 3. The minimum absolute atomic E-state index is 0.142. The Labute approximate surface area is 117 Å². The molecule has 2 rings (SSSR count). The number of carbonyl (C=O) groups excluding carboxylic acids is 2. The number of amides is 1. The van der Waals surface area contributed by atoms with Crippen LogP contribution >= 0.6 is 15.9 Å². The Kier molecular flexibility index (Phi) is 3.28. The third-order valence-corrected chi connectivity index (χ3v) is 3.33. The van der Waals surface area contributed by atoms with E-state index in [1.165, 1.54) is 0 Å². The largest absolute Gasteiger partial charge is 0.478 e. The van der Waals surface area contributed by atoms with Gasteiger partial charge in [-0.05, 0) is 24.6 Å². The number of fused-ring (bicyclic) bond motifs is 1. The quantitative estimate of drug-likeness (QED) is 0.681. The number of rotatable bonds is 3. The molecule has 0 saturated carbocycles. The smallest absolute Gasteiger partial charge is 0.332 e. The van der Waals surface area contributed by atoms with Gasteiger partial charge in [0.15, 0.2) is 0 Å². The summed E-state index contributed by atoms with van der Waals surface area (Å²) < 4.78 is 0.698. The van der Waals surface area contributed by atoms with E-state index in [2.05, 4.69) is 22.5 Å². The maximum Gasteiger partial charge on any atom is 0.332 e. The van der Waals surface area contributed by atoms with Gasteiger partial charge in [-0.25, -0.2) is 4.79 Å². The van der Waals surface area contributed by atoms with Crippen molar-refractivity contribution in [2.75, 3.05) is 11.4 Å². The van der Waals surface area contributed by atoms with Crippen LogP contribution in [0.3, 0.4) is 0 Å². The number of nitrogens with zero attached hydrogens (tertiary/aromatic N) is 1. The Morgan fingerprint density at radius 3 is 2.63 bits per heavy atom. The van der Waals surface area contributed by atoms with Gasteiger partial charge in [-0.3, -0.25) is 14.5 Å². The summed E-state index contributed by atoms with van der Waals surface area (Å²) in [4.78, 5) is 35.7. The number of aliphatic carboxylic acids is 1. The van der Waals surface area contributed by atoms with E-state index in [4.69, 9.17) is 5.11 Å². The predicted molar refractivity (Wildman–Crippen MR) is 72.3 cm³/mol. The topological polar surface area (TPSA) is 74.7 Å². The molecule has 0 unspecified atom stereocenters. The first kappa shape index (κ1) is 13.5. The van der Waals surface area contributed by atoms with E-state index in [1.54, 1.807) is 19.1 Å². The van der Waals surface area contributed by atoms with E-state index in [0.717, 1.165) is 10.5 Å². The lowest BCUT2D eigenvalue weighted by Gasteiger charge is -2.18. The van der Waals surface area contributed by atoms with Crippen molar-refractivity contribution in [3.63, 3.8) is 0 Å². The lowest BCUT2D eigenvalue weighted by Crippen LogP contribution is -2.33. The molecule has 1 aromatic rings. The van der Waals surface area contributed by atoms with Gasteiger partial charge >= 0.3 is 5.97 Å². The number of benzene rings is 1. The molecule has 0 aromatic heterocycles. The van der Waals surface area contributed by atoms with Crippen molar-refractivity contribution >= 4 is 39.3 Å². The first-order chi connectivity index (χ1) is 8.82. The van der Waals surface area contributed by atoms with Gasteiger partial charge in [-0.2, -0.15) is 0 Å². The minimum Gasteiger partial charge on any atom is -0.478 e. The molecule has 19 heavy (non-hydrogen) atoms. The summed E-state index contributed by atoms with van der Waals surface area (Å²) in [5, 5.41) is 8.83. The standard InChI is InChI=1S/C13H10BrNO4/c1-6-3-8(14)4-9-10(6)15(12(17)11(9)16)5-7(2)13(18)19/h3-4H,2,5H2,1H3,(H,18,19). The van der Waals surface area contributed by atoms with Crippen molar-refractivity contribution in [1.29, 1.82) is 0 Å². The minimum atomic E-state index is -1.19. The lowest BCUT2D eigenvalue weighted by atomic mass is 10.1. The van der Waals surface area contributed by atoms with Crippen molar-refractivity contribution in [1.82, 2.24) is 0 Å². The molecular formula is C13H10BrNO4. The maximum atomic E-state index is 11.9. The number of hydrogen-bond donors (Lipinski definition) is 1. The maximum absolute atomic E-state index is 11.9. The number of anilines is 1. The zero-order chi connectivity index (χ0) is 14.3. The number of hydrogen-bond acceptors (Lipinski definition) is 3. The van der Waals surface area contributed by atoms with Gasteiger partial charge in [0.05, 0.1) is 17.8 Å². The van der Waals surface area contributed by atoms with Crippen LogP contribution in [0.1, 0.15) is 15.9 Å². The van der Waals surface area contributed by atoms with Gasteiger partial charge in [0, 0.05) is 10.0 Å². The van der Waals surface area contributed by atoms with Gasteiger partial charge in [-0.15, -0.1) is 0 Å². The zero-order valence-corrected chi connectivity index (χ0v) is 11.7. The molecule has 1 amide bonds. The van der Waals surface area contributed by atoms with E-state index in [-0.39, 0.29) is 17.7 Å². The summed E-state index contributed by atoms with van der Waals surface area (Å²) in [7, 11) is 0. The average Bonchev–Trinajstić information content (AvgIpc) is 2.54. The summed E-state index contributed by atoms with van der Waals surface area (Å²) >= 11 is 3.26.